The van der Waals surface area contributed by atoms with Gasteiger partial charge in [0, 0.05) is 31.3 Å². The molecule has 1 fully saturated rings. The zero-order chi connectivity index (χ0) is 25.4. The molecule has 1 saturated heterocycles. The predicted molar refractivity (Wildman–Crippen MR) is 120 cm³/mol. The Kier molecular flexibility index (Phi) is 9.54. The van der Waals surface area contributed by atoms with Crippen molar-refractivity contribution in [1.29, 1.82) is 0 Å². The van der Waals surface area contributed by atoms with Gasteiger partial charge in [-0.3, -0.25) is 19.2 Å². The molecule has 4 amide bonds. The summed E-state index contributed by atoms with van der Waals surface area (Å²) in [5, 5.41) is 14.6. The molecule has 0 bridgehead atoms. The Hall–Kier alpha value is -3.48. The summed E-state index contributed by atoms with van der Waals surface area (Å²) in [6.45, 7) is 3.75. The van der Waals surface area contributed by atoms with Crippen LogP contribution in [0.1, 0.15) is 45.2 Å². The van der Waals surface area contributed by atoms with E-state index in [1.807, 2.05) is 0 Å². The number of amides is 4. The molecule has 2 heterocycles. The minimum Gasteiger partial charge on any atom is -0.480 e. The minimum absolute atomic E-state index is 0.0422. The highest BCUT2D eigenvalue weighted by molar-refractivity contribution is 5.94. The van der Waals surface area contributed by atoms with E-state index in [2.05, 4.69) is 20.6 Å². The molecular formula is C21H33N7O6. The van der Waals surface area contributed by atoms with Crippen molar-refractivity contribution in [3.8, 4) is 0 Å². The predicted octanol–water partition coefficient (Wildman–Crippen LogP) is -1.75. The number of hydrogen-bond acceptors (Lipinski definition) is 7. The van der Waals surface area contributed by atoms with Gasteiger partial charge < -0.3 is 37.1 Å². The first kappa shape index (κ1) is 26.8. The Balaban J connectivity index is 2.22. The SMILES string of the molecule is CC(C)C(N)C(=O)NC(Cc1cnc[nH]1)C(=O)NC(CCC(N)=O)C(=O)N1CCCC1C(=O)O. The lowest BCUT2D eigenvalue weighted by molar-refractivity contribution is -0.149. The molecule has 13 heteroatoms. The van der Waals surface area contributed by atoms with Crippen molar-refractivity contribution in [2.75, 3.05) is 6.54 Å². The number of likely N-dealkylation sites (tertiary alicyclic amines) is 1. The van der Waals surface area contributed by atoms with Gasteiger partial charge in [0.25, 0.3) is 0 Å². The van der Waals surface area contributed by atoms with Gasteiger partial charge in [0.1, 0.15) is 18.1 Å². The number of hydrogen-bond donors (Lipinski definition) is 6. The number of aromatic amines is 1. The van der Waals surface area contributed by atoms with Gasteiger partial charge in [0.15, 0.2) is 0 Å². The molecule has 4 unspecified atom stereocenters. The lowest BCUT2D eigenvalue weighted by Crippen LogP contribution is -2.58. The van der Waals surface area contributed by atoms with Crippen LogP contribution in [-0.4, -0.2) is 80.3 Å². The summed E-state index contributed by atoms with van der Waals surface area (Å²) in [7, 11) is 0. The van der Waals surface area contributed by atoms with Crippen molar-refractivity contribution in [3.05, 3.63) is 18.2 Å². The van der Waals surface area contributed by atoms with E-state index in [0.717, 1.165) is 0 Å². The number of nitrogens with two attached hydrogens (primary N) is 2. The third-order valence-electron chi connectivity index (χ3n) is 5.75. The number of primary amides is 1. The van der Waals surface area contributed by atoms with E-state index < -0.39 is 53.8 Å². The Morgan fingerprint density at radius 1 is 1.21 bits per heavy atom. The second-order valence-corrected chi connectivity index (χ2v) is 8.71. The van der Waals surface area contributed by atoms with Crippen LogP contribution in [0, 0.1) is 5.92 Å². The molecule has 2 rings (SSSR count). The first-order valence-electron chi connectivity index (χ1n) is 11.2. The van der Waals surface area contributed by atoms with Crippen LogP contribution in [-0.2, 0) is 30.4 Å². The number of nitrogens with zero attached hydrogens (tertiary/aromatic N) is 2. The van der Waals surface area contributed by atoms with Gasteiger partial charge in [-0.15, -0.1) is 0 Å². The lowest BCUT2D eigenvalue weighted by atomic mass is 10.0. The molecule has 13 nitrogen and oxygen atoms in total. The quantitative estimate of drug-likeness (QED) is 0.202. The molecule has 0 aliphatic carbocycles. The highest BCUT2D eigenvalue weighted by Crippen LogP contribution is 2.19. The van der Waals surface area contributed by atoms with Crippen LogP contribution < -0.4 is 22.1 Å². The van der Waals surface area contributed by atoms with E-state index >= 15 is 0 Å². The van der Waals surface area contributed by atoms with Crippen LogP contribution in [0.25, 0.3) is 0 Å². The second-order valence-electron chi connectivity index (χ2n) is 8.71. The summed E-state index contributed by atoms with van der Waals surface area (Å²) in [4.78, 5) is 69.7. The number of aromatic nitrogens is 2. The molecule has 1 aromatic rings. The molecule has 0 saturated carbocycles. The van der Waals surface area contributed by atoms with Gasteiger partial charge in [-0.2, -0.15) is 0 Å². The molecule has 34 heavy (non-hydrogen) atoms. The van der Waals surface area contributed by atoms with Crippen LogP contribution in [0.3, 0.4) is 0 Å². The van der Waals surface area contributed by atoms with Crippen molar-refractivity contribution >= 4 is 29.6 Å². The number of aliphatic carboxylic acids is 1. The first-order valence-corrected chi connectivity index (χ1v) is 11.2. The first-order chi connectivity index (χ1) is 16.0. The maximum Gasteiger partial charge on any atom is 0.326 e. The van der Waals surface area contributed by atoms with Gasteiger partial charge in [-0.25, -0.2) is 9.78 Å². The van der Waals surface area contributed by atoms with E-state index in [1.165, 1.54) is 17.4 Å². The number of imidazole rings is 1. The van der Waals surface area contributed by atoms with E-state index in [0.29, 0.717) is 18.5 Å². The van der Waals surface area contributed by atoms with Crippen LogP contribution >= 0.6 is 0 Å². The second kappa shape index (κ2) is 12.1. The van der Waals surface area contributed by atoms with Gasteiger partial charge in [0.05, 0.1) is 12.4 Å². The topological polar surface area (TPSA) is 214 Å². The number of H-pyrrole nitrogens is 1. The fraction of sp³-hybridized carbons (Fsp3) is 0.619. The zero-order valence-corrected chi connectivity index (χ0v) is 19.3. The fourth-order valence-electron chi connectivity index (χ4n) is 3.70. The van der Waals surface area contributed by atoms with Crippen LogP contribution in [0.4, 0.5) is 0 Å². The average Bonchev–Trinajstić information content (AvgIpc) is 3.46. The standard InChI is InChI=1S/C21H33N7O6/c1-11(2)17(23)19(31)27-14(8-12-9-24-10-25-12)18(30)26-13(5-6-16(22)29)20(32)28-7-3-4-15(28)21(33)34/h9-11,13-15,17H,3-8,23H2,1-2H3,(H2,22,29)(H,24,25)(H,26,30)(H,27,31)(H,33,34). The monoisotopic (exact) mass is 479 g/mol. The van der Waals surface area contributed by atoms with Crippen molar-refractivity contribution in [1.82, 2.24) is 25.5 Å². The number of carboxylic acids is 1. The molecule has 8 N–H and O–H groups in total. The Morgan fingerprint density at radius 3 is 2.44 bits per heavy atom. The largest absolute Gasteiger partial charge is 0.480 e. The zero-order valence-electron chi connectivity index (χ0n) is 19.3. The van der Waals surface area contributed by atoms with Crippen LogP contribution in [0.2, 0.25) is 0 Å². The summed E-state index contributed by atoms with van der Waals surface area (Å²) < 4.78 is 0. The normalized spacial score (nSPS) is 18.2. The maximum absolute atomic E-state index is 13.2. The van der Waals surface area contributed by atoms with Crippen LogP contribution in [0.15, 0.2) is 12.5 Å². The van der Waals surface area contributed by atoms with E-state index in [-0.39, 0.29) is 31.7 Å². The lowest BCUT2D eigenvalue weighted by Gasteiger charge is -2.29. The fourth-order valence-corrected chi connectivity index (χ4v) is 3.70. The van der Waals surface area contributed by atoms with Crippen LogP contribution in [0.5, 0.6) is 0 Å². The number of nitrogens with one attached hydrogen (secondary N) is 3. The van der Waals surface area contributed by atoms with Crippen molar-refractivity contribution < 1.29 is 29.1 Å². The third kappa shape index (κ3) is 7.27. The number of carboxylic acid groups (broad SMARTS) is 1. The van der Waals surface area contributed by atoms with Crippen molar-refractivity contribution in [3.63, 3.8) is 0 Å². The Labute approximate surface area is 197 Å². The number of rotatable bonds is 12. The number of carbonyl (C=O) groups is 5. The maximum atomic E-state index is 13.2. The van der Waals surface area contributed by atoms with E-state index in [4.69, 9.17) is 11.5 Å². The van der Waals surface area contributed by atoms with Crippen molar-refractivity contribution in [2.45, 2.75) is 70.1 Å². The van der Waals surface area contributed by atoms with Gasteiger partial charge in [-0.05, 0) is 25.2 Å². The van der Waals surface area contributed by atoms with E-state index in [9.17, 15) is 29.1 Å². The summed E-state index contributed by atoms with van der Waals surface area (Å²) in [5.74, 6) is -3.84. The Bertz CT molecular complexity index is 888. The third-order valence-corrected chi connectivity index (χ3v) is 5.75. The number of carbonyl (C=O) groups excluding carboxylic acids is 4. The molecule has 1 aromatic heterocycles. The molecule has 0 radical (unpaired) electrons. The van der Waals surface area contributed by atoms with Gasteiger partial charge in [0.2, 0.25) is 23.6 Å². The molecule has 1 aliphatic heterocycles. The van der Waals surface area contributed by atoms with Gasteiger partial charge in [-0.1, -0.05) is 13.8 Å². The van der Waals surface area contributed by atoms with E-state index in [1.54, 1.807) is 13.8 Å². The Morgan fingerprint density at radius 2 is 1.88 bits per heavy atom. The summed E-state index contributed by atoms with van der Waals surface area (Å²) in [5.41, 5.74) is 11.7. The summed E-state index contributed by atoms with van der Waals surface area (Å²) in [6, 6.07) is -4.16. The molecule has 0 spiro atoms. The highest BCUT2D eigenvalue weighted by Gasteiger charge is 2.38. The molecule has 188 valence electrons. The summed E-state index contributed by atoms with van der Waals surface area (Å²) >= 11 is 0. The van der Waals surface area contributed by atoms with Gasteiger partial charge >= 0.3 is 5.97 Å². The molecule has 0 aromatic carbocycles. The molecule has 1 aliphatic rings. The highest BCUT2D eigenvalue weighted by atomic mass is 16.4. The average molecular weight is 480 g/mol. The molecule has 4 atom stereocenters. The smallest absolute Gasteiger partial charge is 0.326 e. The van der Waals surface area contributed by atoms with Crippen molar-refractivity contribution in [2.24, 2.45) is 17.4 Å². The minimum atomic E-state index is -1.19. The molecular weight excluding hydrogens is 446 g/mol. The summed E-state index contributed by atoms with van der Waals surface area (Å²) in [6.07, 6.45) is 3.45.